The predicted octanol–water partition coefficient (Wildman–Crippen LogP) is 5.62. The van der Waals surface area contributed by atoms with Crippen LogP contribution in [0.5, 0.6) is 0 Å². The number of esters is 2. The van der Waals surface area contributed by atoms with Crippen LogP contribution in [0.15, 0.2) is 65.4 Å². The smallest absolute Gasteiger partial charge is 0.331 e. The molecule has 0 radical (unpaired) electrons. The van der Waals surface area contributed by atoms with E-state index in [2.05, 4.69) is 17.2 Å². The van der Waals surface area contributed by atoms with Gasteiger partial charge in [-0.25, -0.2) is 4.79 Å². The number of nitrogens with zero attached hydrogens (tertiary/aromatic N) is 3. The molecule has 0 spiro atoms. The highest BCUT2D eigenvalue weighted by Crippen LogP contribution is 2.25. The third-order valence-electron chi connectivity index (χ3n) is 8.61. The number of hydrogen-bond donors (Lipinski definition) is 4. The molecule has 8 atom stereocenters. The van der Waals surface area contributed by atoms with Crippen LogP contribution < -0.4 is 0 Å². The van der Waals surface area contributed by atoms with Crippen LogP contribution in [-0.4, -0.2) is 77.9 Å². The molecule has 1 aromatic rings. The second-order valence-corrected chi connectivity index (χ2v) is 13.7. The zero-order chi connectivity index (χ0) is 36.5. The van der Waals surface area contributed by atoms with Crippen molar-refractivity contribution in [3.63, 3.8) is 0 Å². The molecule has 11 heteroatoms. The van der Waals surface area contributed by atoms with Crippen molar-refractivity contribution in [2.45, 2.75) is 143 Å². The van der Waals surface area contributed by atoms with Gasteiger partial charge in [0.05, 0.1) is 30.6 Å². The van der Waals surface area contributed by atoms with Gasteiger partial charge in [0.2, 0.25) is 0 Å². The Kier molecular flexibility index (Phi) is 18.5. The maximum absolute atomic E-state index is 12.8. The highest BCUT2D eigenvalue weighted by Gasteiger charge is 2.26. The van der Waals surface area contributed by atoms with Gasteiger partial charge in [0, 0.05) is 31.4 Å². The lowest BCUT2D eigenvalue weighted by atomic mass is 9.91. The summed E-state index contributed by atoms with van der Waals surface area (Å²) < 4.78 is 13.5. The number of carbonyl (C=O) groups excluding carboxylic acids is 2. The van der Waals surface area contributed by atoms with Crippen LogP contribution in [0.1, 0.15) is 112 Å². The maximum atomic E-state index is 12.8. The highest BCUT2D eigenvalue weighted by molar-refractivity contribution is 5.82. The third-order valence-corrected chi connectivity index (χ3v) is 8.61. The van der Waals surface area contributed by atoms with Crippen molar-refractivity contribution in [3.05, 3.63) is 71.1 Å². The molecular weight excluding hydrogens is 626 g/mol. The number of carbonyl (C=O) groups is 2. The molecule has 11 nitrogen and oxygen atoms in total. The molecule has 0 bridgehead atoms. The van der Waals surface area contributed by atoms with Gasteiger partial charge in [0.25, 0.3) is 0 Å². The van der Waals surface area contributed by atoms with Crippen molar-refractivity contribution >= 4 is 11.9 Å². The van der Waals surface area contributed by atoms with E-state index >= 15 is 0 Å². The minimum atomic E-state index is -1.06. The first-order valence-electron chi connectivity index (χ1n) is 17.6. The molecule has 1 aliphatic rings. The second-order valence-electron chi connectivity index (χ2n) is 13.7. The van der Waals surface area contributed by atoms with Crippen LogP contribution in [0, 0.1) is 11.8 Å². The van der Waals surface area contributed by atoms with E-state index in [-0.39, 0.29) is 42.9 Å². The molecule has 0 aliphatic carbocycles. The van der Waals surface area contributed by atoms with Crippen LogP contribution in [0.3, 0.4) is 0 Å². The van der Waals surface area contributed by atoms with Gasteiger partial charge in [0.1, 0.15) is 17.9 Å². The lowest BCUT2D eigenvalue weighted by molar-refractivity contribution is -0.153. The summed E-state index contributed by atoms with van der Waals surface area (Å²) in [6, 6.07) is 0. The minimum Gasteiger partial charge on any atom is -0.462 e. The monoisotopic (exact) mass is 685 g/mol. The number of aromatic nitrogens is 3. The summed E-state index contributed by atoms with van der Waals surface area (Å²) in [6.07, 6.45) is 14.8. The van der Waals surface area contributed by atoms with E-state index in [9.17, 15) is 30.0 Å². The number of ether oxygens (including phenoxy) is 2. The second kappa shape index (κ2) is 21.7. The summed E-state index contributed by atoms with van der Waals surface area (Å²) in [4.78, 5) is 25.6. The van der Waals surface area contributed by atoms with Gasteiger partial charge in [0.15, 0.2) is 0 Å². The van der Waals surface area contributed by atoms with Gasteiger partial charge in [-0.05, 0) is 72.6 Å². The fraction of sp³-hybridized carbons (Fsp3) is 0.632. The average molecular weight is 686 g/mol. The summed E-state index contributed by atoms with van der Waals surface area (Å²) in [7, 11) is 0. The quantitative estimate of drug-likeness (QED) is 0.110. The van der Waals surface area contributed by atoms with Crippen LogP contribution >= 0.6 is 0 Å². The third kappa shape index (κ3) is 16.7. The molecule has 0 amide bonds. The van der Waals surface area contributed by atoms with E-state index in [0.29, 0.717) is 25.1 Å². The lowest BCUT2D eigenvalue weighted by Gasteiger charge is -2.27. The molecule has 0 saturated carbocycles. The van der Waals surface area contributed by atoms with Gasteiger partial charge in [-0.3, -0.25) is 9.48 Å². The first kappa shape index (κ1) is 41.8. The fourth-order valence-electron chi connectivity index (χ4n) is 5.72. The van der Waals surface area contributed by atoms with Gasteiger partial charge >= 0.3 is 11.9 Å². The molecule has 4 N–H and O–H groups in total. The summed E-state index contributed by atoms with van der Waals surface area (Å²) in [5.74, 6) is -0.506. The molecule has 1 aromatic heterocycles. The standard InChI is InChI=1S/C38H59N3O8/c1-25(12-10-13-26(2)21-33(44)34(45)22-30(6)42)20-27(3)18-19-38(47)48-35-16-11-17-37(46)49-36(15-9-8-14-28(35)4)29(5)23-41-24-32(31(7)43)39-40-41/h10,12-13,18-21,24,28-31,33-36,42-45H,8-9,11,14-17,22-23H2,1-7H3. The molecule has 1 fully saturated rings. The van der Waals surface area contributed by atoms with Crippen molar-refractivity contribution in [2.24, 2.45) is 11.8 Å². The van der Waals surface area contributed by atoms with Gasteiger partial charge in [-0.15, -0.1) is 5.10 Å². The minimum absolute atomic E-state index is 0.0242. The SMILES string of the molecule is CC(=CC=CC(C)=CC(O)C(O)CC(C)O)C=C(C)C=CC(=O)OC1CCCC(=O)OC(C(C)Cn2cc(C(C)O)nn2)CCCCC1C. The van der Waals surface area contributed by atoms with E-state index in [4.69, 9.17) is 9.47 Å². The number of aliphatic hydroxyl groups excluding tert-OH is 4. The predicted molar refractivity (Wildman–Crippen MR) is 189 cm³/mol. The highest BCUT2D eigenvalue weighted by atomic mass is 16.5. The normalized spacial score (nSPS) is 24.1. The Bertz CT molecular complexity index is 1330. The van der Waals surface area contributed by atoms with Crippen LogP contribution in [0.4, 0.5) is 0 Å². The van der Waals surface area contributed by atoms with Crippen LogP contribution in [-0.2, 0) is 25.6 Å². The fourth-order valence-corrected chi connectivity index (χ4v) is 5.72. The van der Waals surface area contributed by atoms with E-state index < -0.39 is 30.4 Å². The molecular formula is C38H59N3O8. The molecule has 2 rings (SSSR count). The number of aliphatic hydroxyl groups is 4. The summed E-state index contributed by atoms with van der Waals surface area (Å²) in [5.41, 5.74) is 3.10. The number of hydrogen-bond acceptors (Lipinski definition) is 10. The van der Waals surface area contributed by atoms with Crippen molar-refractivity contribution in [3.8, 4) is 0 Å². The van der Waals surface area contributed by atoms with E-state index in [1.54, 1.807) is 36.9 Å². The van der Waals surface area contributed by atoms with E-state index in [1.165, 1.54) is 6.08 Å². The Labute approximate surface area is 292 Å². The zero-order valence-corrected chi connectivity index (χ0v) is 30.4. The van der Waals surface area contributed by atoms with Crippen molar-refractivity contribution in [2.75, 3.05) is 0 Å². The number of allylic oxidation sites excluding steroid dienone is 8. The van der Waals surface area contributed by atoms with Crippen molar-refractivity contribution < 1.29 is 39.5 Å². The first-order chi connectivity index (χ1) is 23.1. The van der Waals surface area contributed by atoms with Crippen LogP contribution in [0.2, 0.25) is 0 Å². The summed E-state index contributed by atoms with van der Waals surface area (Å²) >= 11 is 0. The number of rotatable bonds is 14. The summed E-state index contributed by atoms with van der Waals surface area (Å²) in [6.45, 7) is 13.5. The Morgan fingerprint density at radius 2 is 1.71 bits per heavy atom. The largest absolute Gasteiger partial charge is 0.462 e. The Balaban J connectivity index is 1.90. The van der Waals surface area contributed by atoms with Gasteiger partial charge < -0.3 is 29.9 Å². The molecule has 8 unspecified atom stereocenters. The molecule has 0 aromatic carbocycles. The molecule has 274 valence electrons. The van der Waals surface area contributed by atoms with Crippen molar-refractivity contribution in [1.29, 1.82) is 0 Å². The Morgan fingerprint density at radius 3 is 2.39 bits per heavy atom. The Morgan fingerprint density at radius 1 is 1.00 bits per heavy atom. The number of cyclic esters (lactones) is 1. The van der Waals surface area contributed by atoms with E-state index in [1.807, 2.05) is 52.0 Å². The Hall–Kier alpha value is -3.38. The first-order valence-corrected chi connectivity index (χ1v) is 17.6. The molecule has 1 saturated heterocycles. The summed E-state index contributed by atoms with van der Waals surface area (Å²) in [5, 5.41) is 47.2. The molecule has 2 heterocycles. The topological polar surface area (TPSA) is 164 Å². The molecule has 1 aliphatic heterocycles. The maximum Gasteiger partial charge on any atom is 0.331 e. The van der Waals surface area contributed by atoms with Gasteiger partial charge in [-0.1, -0.05) is 78.7 Å². The van der Waals surface area contributed by atoms with Gasteiger partial charge in [-0.2, -0.15) is 0 Å². The molecule has 49 heavy (non-hydrogen) atoms. The van der Waals surface area contributed by atoms with E-state index in [0.717, 1.165) is 42.4 Å². The van der Waals surface area contributed by atoms with Crippen LogP contribution in [0.25, 0.3) is 0 Å². The van der Waals surface area contributed by atoms with Crippen molar-refractivity contribution in [1.82, 2.24) is 15.0 Å². The average Bonchev–Trinajstić information content (AvgIpc) is 3.48. The lowest BCUT2D eigenvalue weighted by Crippen LogP contribution is -2.30. The zero-order valence-electron chi connectivity index (χ0n) is 30.4.